The summed E-state index contributed by atoms with van der Waals surface area (Å²) in [6.07, 6.45) is 4.93. The molecule has 6 aromatic rings. The smallest absolute Gasteiger partial charge is 0.418 e. The Labute approximate surface area is 265 Å². The SMILES string of the molecule is Cc1cnc(Nc2cc(C)n(C)n2)nc1-c1c[nH]c2c(N3Cc4c(cccc4-c4cccn4C(=O)OC(C)(C)C)C3=O)cccc12. The predicted octanol–water partition coefficient (Wildman–Crippen LogP) is 7.13. The number of nitrogens with one attached hydrogen (secondary N) is 2. The first-order valence-electron chi connectivity index (χ1n) is 15.0. The van der Waals surface area contributed by atoms with Crippen molar-refractivity contribution >= 4 is 40.4 Å². The minimum Gasteiger partial charge on any atom is -0.443 e. The van der Waals surface area contributed by atoms with Crippen LogP contribution in [0.25, 0.3) is 33.4 Å². The molecule has 0 unspecified atom stereocenters. The number of aromatic nitrogens is 6. The average molecular weight is 615 g/mol. The predicted molar refractivity (Wildman–Crippen MR) is 177 cm³/mol. The van der Waals surface area contributed by atoms with Gasteiger partial charge in [-0.3, -0.25) is 14.0 Å². The second-order valence-electron chi connectivity index (χ2n) is 12.5. The van der Waals surface area contributed by atoms with Crippen molar-refractivity contribution in [1.29, 1.82) is 0 Å². The first-order chi connectivity index (χ1) is 22.0. The molecule has 0 fully saturated rings. The molecular formula is C35H34N8O3. The summed E-state index contributed by atoms with van der Waals surface area (Å²) >= 11 is 0. The molecule has 0 atom stereocenters. The van der Waals surface area contributed by atoms with E-state index >= 15 is 0 Å². The molecule has 2 aromatic carbocycles. The van der Waals surface area contributed by atoms with Gasteiger partial charge in [0.15, 0.2) is 5.82 Å². The molecule has 1 aliphatic heterocycles. The van der Waals surface area contributed by atoms with Gasteiger partial charge >= 0.3 is 6.09 Å². The zero-order valence-corrected chi connectivity index (χ0v) is 26.5. The number of fused-ring (bicyclic) bond motifs is 2. The summed E-state index contributed by atoms with van der Waals surface area (Å²) in [6.45, 7) is 9.81. The van der Waals surface area contributed by atoms with Crippen LogP contribution in [0.15, 0.2) is 73.2 Å². The number of benzene rings is 2. The van der Waals surface area contributed by atoms with Gasteiger partial charge in [0.1, 0.15) is 5.60 Å². The molecule has 4 aromatic heterocycles. The van der Waals surface area contributed by atoms with Crippen molar-refractivity contribution in [2.75, 3.05) is 10.2 Å². The maximum absolute atomic E-state index is 13.9. The van der Waals surface area contributed by atoms with Crippen LogP contribution in [0.2, 0.25) is 0 Å². The van der Waals surface area contributed by atoms with E-state index in [0.29, 0.717) is 29.6 Å². The third kappa shape index (κ3) is 4.99. The lowest BCUT2D eigenvalue weighted by Crippen LogP contribution is -2.27. The summed E-state index contributed by atoms with van der Waals surface area (Å²) in [7, 11) is 1.89. The normalized spacial score (nSPS) is 13.0. The Kier molecular flexibility index (Phi) is 6.77. The highest BCUT2D eigenvalue weighted by Gasteiger charge is 2.33. The van der Waals surface area contributed by atoms with Crippen molar-refractivity contribution in [2.45, 2.75) is 46.8 Å². The van der Waals surface area contributed by atoms with Gasteiger partial charge in [-0.25, -0.2) is 14.8 Å². The molecule has 1 amide bonds. The van der Waals surface area contributed by atoms with Gasteiger partial charge in [-0.1, -0.05) is 24.3 Å². The zero-order valence-electron chi connectivity index (χ0n) is 26.5. The Bertz CT molecular complexity index is 2140. The maximum Gasteiger partial charge on any atom is 0.418 e. The standard InChI is InChI=1S/C35H34N8O3/c1-20-17-37-33(38-29-16-21(2)41(6)40-29)39-30(20)25-18-36-31-23(25)11-8-13-28(31)43-19-26-22(10-7-12-24(26)32(43)44)27-14-9-15-42(27)34(45)46-35(3,4)5/h7-18,36H,19H2,1-6H3,(H,37,38,39,40). The number of anilines is 3. The van der Waals surface area contributed by atoms with Gasteiger partial charge in [-0.15, -0.1) is 0 Å². The number of carbonyl (C=O) groups is 2. The van der Waals surface area contributed by atoms with Gasteiger partial charge in [0.2, 0.25) is 5.95 Å². The van der Waals surface area contributed by atoms with Crippen LogP contribution in [0.1, 0.15) is 48.0 Å². The van der Waals surface area contributed by atoms with E-state index in [9.17, 15) is 9.59 Å². The summed E-state index contributed by atoms with van der Waals surface area (Å²) in [4.78, 5) is 41.5. The van der Waals surface area contributed by atoms with Crippen LogP contribution in [-0.4, -0.2) is 46.9 Å². The largest absolute Gasteiger partial charge is 0.443 e. The summed E-state index contributed by atoms with van der Waals surface area (Å²) in [5, 5.41) is 8.60. The monoisotopic (exact) mass is 614 g/mol. The van der Waals surface area contributed by atoms with Gasteiger partial charge in [0.05, 0.1) is 29.1 Å². The maximum atomic E-state index is 13.9. The van der Waals surface area contributed by atoms with Crippen molar-refractivity contribution in [3.8, 4) is 22.5 Å². The Morgan fingerprint density at radius 2 is 1.80 bits per heavy atom. The van der Waals surface area contributed by atoms with Crippen molar-refractivity contribution in [1.82, 2.24) is 29.3 Å². The average Bonchev–Trinajstić information content (AvgIpc) is 3.79. The van der Waals surface area contributed by atoms with Crippen molar-refractivity contribution < 1.29 is 14.3 Å². The lowest BCUT2D eigenvalue weighted by Gasteiger charge is -2.21. The molecule has 0 saturated carbocycles. The van der Waals surface area contributed by atoms with Gasteiger partial charge in [0, 0.05) is 59.5 Å². The van der Waals surface area contributed by atoms with Crippen molar-refractivity contribution in [3.05, 3.63) is 95.6 Å². The third-order valence-corrected chi connectivity index (χ3v) is 8.15. The van der Waals surface area contributed by atoms with Crippen LogP contribution in [0.3, 0.4) is 0 Å². The number of aromatic amines is 1. The summed E-state index contributed by atoms with van der Waals surface area (Å²) < 4.78 is 8.92. The number of hydrogen-bond acceptors (Lipinski definition) is 7. The summed E-state index contributed by atoms with van der Waals surface area (Å²) in [5.74, 6) is 1.00. The number of hydrogen-bond donors (Lipinski definition) is 2. The van der Waals surface area contributed by atoms with Crippen LogP contribution < -0.4 is 10.2 Å². The van der Waals surface area contributed by atoms with Crippen molar-refractivity contribution in [3.63, 3.8) is 0 Å². The second kappa shape index (κ2) is 10.7. The highest BCUT2D eigenvalue weighted by atomic mass is 16.6. The number of rotatable bonds is 5. The first-order valence-corrected chi connectivity index (χ1v) is 15.0. The lowest BCUT2D eigenvalue weighted by molar-refractivity contribution is 0.0540. The molecule has 0 saturated heterocycles. The molecule has 0 aliphatic carbocycles. The Balaban J connectivity index is 1.23. The third-order valence-electron chi connectivity index (χ3n) is 8.15. The number of carbonyl (C=O) groups excluding carboxylic acids is 2. The number of H-pyrrole nitrogens is 1. The first kappa shape index (κ1) is 29.0. The quantitative estimate of drug-likeness (QED) is 0.212. The van der Waals surface area contributed by atoms with E-state index in [-0.39, 0.29) is 5.91 Å². The molecular weight excluding hydrogens is 580 g/mol. The Hall–Kier alpha value is -5.71. The molecule has 7 rings (SSSR count). The van der Waals surface area contributed by atoms with E-state index in [4.69, 9.17) is 9.72 Å². The van der Waals surface area contributed by atoms with Gasteiger partial charge in [0.25, 0.3) is 5.91 Å². The number of ether oxygens (including phenoxy) is 1. The van der Waals surface area contributed by atoms with Gasteiger partial charge in [-0.05, 0) is 70.0 Å². The summed E-state index contributed by atoms with van der Waals surface area (Å²) in [6, 6.07) is 17.2. The number of amides is 1. The van der Waals surface area contributed by atoms with E-state index in [2.05, 4.69) is 20.4 Å². The molecule has 11 nitrogen and oxygen atoms in total. The topological polar surface area (TPSA) is 123 Å². The highest BCUT2D eigenvalue weighted by molar-refractivity contribution is 6.15. The minimum absolute atomic E-state index is 0.105. The minimum atomic E-state index is -0.641. The molecule has 11 heteroatoms. The van der Waals surface area contributed by atoms with E-state index in [1.165, 1.54) is 4.57 Å². The fourth-order valence-electron chi connectivity index (χ4n) is 5.91. The lowest BCUT2D eigenvalue weighted by atomic mass is 10.0. The fourth-order valence-corrected chi connectivity index (χ4v) is 5.91. The second-order valence-corrected chi connectivity index (χ2v) is 12.5. The molecule has 46 heavy (non-hydrogen) atoms. The molecule has 0 bridgehead atoms. The number of nitrogens with zero attached hydrogens (tertiary/aromatic N) is 6. The van der Waals surface area contributed by atoms with Crippen molar-refractivity contribution in [2.24, 2.45) is 7.05 Å². The molecule has 1 aliphatic rings. The fraction of sp³-hybridized carbons (Fsp3) is 0.229. The van der Waals surface area contributed by atoms with Crippen LogP contribution in [0.4, 0.5) is 22.2 Å². The molecule has 2 N–H and O–H groups in total. The molecule has 0 spiro atoms. The summed E-state index contributed by atoms with van der Waals surface area (Å²) in [5.41, 5.74) is 7.48. The van der Waals surface area contributed by atoms with Crippen LogP contribution >= 0.6 is 0 Å². The Morgan fingerprint density at radius 3 is 2.57 bits per heavy atom. The zero-order chi connectivity index (χ0) is 32.3. The van der Waals surface area contributed by atoms with Crippen LogP contribution in [-0.2, 0) is 18.3 Å². The van der Waals surface area contributed by atoms with E-state index in [1.54, 1.807) is 22.0 Å². The highest BCUT2D eigenvalue weighted by Crippen LogP contribution is 2.40. The molecule has 5 heterocycles. The van der Waals surface area contributed by atoms with E-state index in [0.717, 1.165) is 50.2 Å². The number of para-hydroxylation sites is 1. The van der Waals surface area contributed by atoms with Crippen LogP contribution in [0.5, 0.6) is 0 Å². The van der Waals surface area contributed by atoms with Crippen LogP contribution in [0, 0.1) is 13.8 Å². The van der Waals surface area contributed by atoms with Gasteiger partial charge in [-0.2, -0.15) is 5.10 Å². The Morgan fingerprint density at radius 1 is 1.02 bits per heavy atom. The van der Waals surface area contributed by atoms with E-state index < -0.39 is 11.7 Å². The van der Waals surface area contributed by atoms with E-state index in [1.807, 2.05) is 102 Å². The molecule has 0 radical (unpaired) electrons. The molecule has 232 valence electrons. The number of aryl methyl sites for hydroxylation is 3. The van der Waals surface area contributed by atoms with Gasteiger partial charge < -0.3 is 19.9 Å².